The highest BCUT2D eigenvalue weighted by Gasteiger charge is 2.24. The Bertz CT molecular complexity index is 733. The van der Waals surface area contributed by atoms with Gasteiger partial charge in [-0.15, -0.1) is 0 Å². The highest BCUT2D eigenvalue weighted by Crippen LogP contribution is 2.32. The monoisotopic (exact) mass is 410 g/mol. The van der Waals surface area contributed by atoms with Crippen LogP contribution in [0.3, 0.4) is 0 Å². The van der Waals surface area contributed by atoms with Crippen molar-refractivity contribution >= 4 is 38.9 Å². The molecule has 1 saturated heterocycles. The molecule has 0 saturated carbocycles. The molecule has 0 bridgehead atoms. The molecule has 0 atom stereocenters. The van der Waals surface area contributed by atoms with Crippen LogP contribution in [0, 0.1) is 10.1 Å². The molecule has 126 valence electrons. The van der Waals surface area contributed by atoms with Crippen molar-refractivity contribution in [3.05, 3.63) is 61.8 Å². The minimum absolute atomic E-state index is 0.147. The topological polar surface area (TPSA) is 62.5 Å². The molecule has 1 fully saturated rings. The summed E-state index contributed by atoms with van der Waals surface area (Å²) in [6, 6.07) is 8.83. The van der Waals surface area contributed by atoms with E-state index in [1.54, 1.807) is 24.4 Å². The zero-order valence-corrected chi connectivity index (χ0v) is 15.2. The van der Waals surface area contributed by atoms with Crippen LogP contribution >= 0.6 is 27.5 Å². The van der Waals surface area contributed by atoms with E-state index >= 15 is 0 Å². The van der Waals surface area contributed by atoms with Crippen molar-refractivity contribution < 1.29 is 4.92 Å². The molecule has 0 amide bonds. The van der Waals surface area contributed by atoms with E-state index in [1.807, 2.05) is 12.1 Å². The molecule has 1 aliphatic rings. The summed E-state index contributed by atoms with van der Waals surface area (Å²) < 4.78 is 0.845. The Labute approximate surface area is 153 Å². The van der Waals surface area contributed by atoms with Crippen molar-refractivity contribution in [3.8, 4) is 0 Å². The third kappa shape index (κ3) is 4.03. The second-order valence-electron chi connectivity index (χ2n) is 5.64. The maximum atomic E-state index is 11.2. The average molecular weight is 412 g/mol. The predicted octanol–water partition coefficient (Wildman–Crippen LogP) is 3.73. The SMILES string of the molecule is O=[N+]([O-])c1ccc(Br)cc1N1CCN(Cc2ccc(Cl)nc2)CC1. The molecular formula is C16H16BrClN4O2. The van der Waals surface area contributed by atoms with Crippen LogP contribution in [0.5, 0.6) is 0 Å². The third-order valence-corrected chi connectivity index (χ3v) is 4.76. The molecule has 24 heavy (non-hydrogen) atoms. The summed E-state index contributed by atoms with van der Waals surface area (Å²) in [7, 11) is 0. The molecule has 1 aromatic carbocycles. The lowest BCUT2D eigenvalue weighted by molar-refractivity contribution is -0.384. The summed E-state index contributed by atoms with van der Waals surface area (Å²) in [5.74, 6) is 0. The summed E-state index contributed by atoms with van der Waals surface area (Å²) in [6.07, 6.45) is 1.79. The number of benzene rings is 1. The molecule has 3 rings (SSSR count). The molecule has 1 aromatic heterocycles. The highest BCUT2D eigenvalue weighted by atomic mass is 79.9. The van der Waals surface area contributed by atoms with Gasteiger partial charge in [-0.3, -0.25) is 15.0 Å². The molecule has 1 aliphatic heterocycles. The van der Waals surface area contributed by atoms with Gasteiger partial charge in [-0.25, -0.2) is 4.98 Å². The molecular weight excluding hydrogens is 396 g/mol. The number of anilines is 1. The first-order valence-corrected chi connectivity index (χ1v) is 8.72. The lowest BCUT2D eigenvalue weighted by Crippen LogP contribution is -2.46. The van der Waals surface area contributed by atoms with Gasteiger partial charge in [0.2, 0.25) is 0 Å². The molecule has 0 spiro atoms. The van der Waals surface area contributed by atoms with Gasteiger partial charge in [0.15, 0.2) is 0 Å². The normalized spacial score (nSPS) is 15.5. The quantitative estimate of drug-likeness (QED) is 0.436. The van der Waals surface area contributed by atoms with E-state index in [-0.39, 0.29) is 10.6 Å². The van der Waals surface area contributed by atoms with Gasteiger partial charge in [0.25, 0.3) is 5.69 Å². The van der Waals surface area contributed by atoms with Crippen LogP contribution in [0.4, 0.5) is 11.4 Å². The van der Waals surface area contributed by atoms with E-state index in [1.165, 1.54) is 0 Å². The van der Waals surface area contributed by atoms with Crippen molar-refractivity contribution in [2.45, 2.75) is 6.54 Å². The van der Waals surface area contributed by atoms with Crippen LogP contribution in [0.1, 0.15) is 5.56 Å². The average Bonchev–Trinajstić information content (AvgIpc) is 2.57. The molecule has 0 unspecified atom stereocenters. The number of rotatable bonds is 4. The first-order valence-electron chi connectivity index (χ1n) is 7.54. The number of aromatic nitrogens is 1. The second kappa shape index (κ2) is 7.46. The fourth-order valence-corrected chi connectivity index (χ4v) is 3.27. The minimum atomic E-state index is -0.326. The van der Waals surface area contributed by atoms with Crippen molar-refractivity contribution in [2.24, 2.45) is 0 Å². The van der Waals surface area contributed by atoms with E-state index in [9.17, 15) is 10.1 Å². The van der Waals surface area contributed by atoms with E-state index in [4.69, 9.17) is 11.6 Å². The van der Waals surface area contributed by atoms with Crippen LogP contribution in [0.15, 0.2) is 41.0 Å². The van der Waals surface area contributed by atoms with Gasteiger partial charge >= 0.3 is 0 Å². The Hall–Kier alpha value is -1.70. The van der Waals surface area contributed by atoms with E-state index in [2.05, 4.69) is 30.7 Å². The van der Waals surface area contributed by atoms with Gasteiger partial charge in [-0.05, 0) is 23.8 Å². The van der Waals surface area contributed by atoms with Crippen molar-refractivity contribution in [3.63, 3.8) is 0 Å². The number of piperazine rings is 1. The number of halogens is 2. The van der Waals surface area contributed by atoms with Gasteiger partial charge in [-0.1, -0.05) is 33.6 Å². The maximum Gasteiger partial charge on any atom is 0.292 e. The Morgan fingerprint density at radius 1 is 1.21 bits per heavy atom. The largest absolute Gasteiger partial charge is 0.363 e. The zero-order chi connectivity index (χ0) is 17.1. The van der Waals surface area contributed by atoms with Crippen LogP contribution in [-0.2, 0) is 6.54 Å². The van der Waals surface area contributed by atoms with Crippen LogP contribution in [-0.4, -0.2) is 41.0 Å². The van der Waals surface area contributed by atoms with Crippen molar-refractivity contribution in [1.29, 1.82) is 0 Å². The predicted molar refractivity (Wildman–Crippen MR) is 97.5 cm³/mol. The van der Waals surface area contributed by atoms with Gasteiger partial charge < -0.3 is 4.90 Å². The Morgan fingerprint density at radius 3 is 2.58 bits per heavy atom. The van der Waals surface area contributed by atoms with Crippen molar-refractivity contribution in [2.75, 3.05) is 31.1 Å². The number of nitrogens with zero attached hydrogens (tertiary/aromatic N) is 4. The third-order valence-electron chi connectivity index (χ3n) is 4.04. The Balaban J connectivity index is 1.66. The molecule has 8 heteroatoms. The molecule has 2 heterocycles. The number of hydrogen-bond donors (Lipinski definition) is 0. The maximum absolute atomic E-state index is 11.2. The summed E-state index contributed by atoms with van der Waals surface area (Å²) in [5.41, 5.74) is 1.93. The number of pyridine rings is 1. The Morgan fingerprint density at radius 2 is 1.96 bits per heavy atom. The van der Waals surface area contributed by atoms with Gasteiger partial charge in [0, 0.05) is 49.5 Å². The molecule has 0 radical (unpaired) electrons. The summed E-state index contributed by atoms with van der Waals surface area (Å²) in [5, 5.41) is 11.7. The molecule has 6 nitrogen and oxygen atoms in total. The highest BCUT2D eigenvalue weighted by molar-refractivity contribution is 9.10. The van der Waals surface area contributed by atoms with Crippen LogP contribution in [0.25, 0.3) is 0 Å². The minimum Gasteiger partial charge on any atom is -0.363 e. The zero-order valence-electron chi connectivity index (χ0n) is 12.9. The van der Waals surface area contributed by atoms with Gasteiger partial charge in [-0.2, -0.15) is 0 Å². The van der Waals surface area contributed by atoms with Crippen molar-refractivity contribution in [1.82, 2.24) is 9.88 Å². The van der Waals surface area contributed by atoms with Crippen LogP contribution < -0.4 is 4.90 Å². The smallest absolute Gasteiger partial charge is 0.292 e. The van der Waals surface area contributed by atoms with Gasteiger partial charge in [0.05, 0.1) is 4.92 Å². The number of hydrogen-bond acceptors (Lipinski definition) is 5. The molecule has 0 aliphatic carbocycles. The van der Waals surface area contributed by atoms with Crippen LogP contribution in [0.2, 0.25) is 5.15 Å². The lowest BCUT2D eigenvalue weighted by atomic mass is 10.2. The summed E-state index contributed by atoms with van der Waals surface area (Å²) in [4.78, 5) is 19.4. The fraction of sp³-hybridized carbons (Fsp3) is 0.312. The standard InChI is InChI=1S/C16H16BrClN4O2/c17-13-2-3-14(22(23)24)15(9-13)21-7-5-20(6-8-21)11-12-1-4-16(18)19-10-12/h1-4,9-10H,5-8,11H2. The fourth-order valence-electron chi connectivity index (χ4n) is 2.81. The van der Waals surface area contributed by atoms with E-state index < -0.39 is 0 Å². The first-order chi connectivity index (χ1) is 11.5. The first kappa shape index (κ1) is 17.1. The summed E-state index contributed by atoms with van der Waals surface area (Å²) >= 11 is 9.20. The number of nitro benzene ring substituents is 1. The van der Waals surface area contributed by atoms with E-state index in [0.717, 1.165) is 42.8 Å². The Kier molecular flexibility index (Phi) is 5.33. The summed E-state index contributed by atoms with van der Waals surface area (Å²) in [6.45, 7) is 3.98. The molecule has 0 N–H and O–H groups in total. The van der Waals surface area contributed by atoms with Gasteiger partial charge in [0.1, 0.15) is 10.8 Å². The second-order valence-corrected chi connectivity index (χ2v) is 6.95. The number of nitro groups is 1. The van der Waals surface area contributed by atoms with E-state index in [0.29, 0.717) is 10.8 Å². The lowest BCUT2D eigenvalue weighted by Gasteiger charge is -2.35. The molecule has 2 aromatic rings.